The zero-order valence-electron chi connectivity index (χ0n) is 14.6. The summed E-state index contributed by atoms with van der Waals surface area (Å²) in [6.45, 7) is 0.162. The van der Waals surface area contributed by atoms with E-state index >= 15 is 0 Å². The Labute approximate surface area is 156 Å². The van der Waals surface area contributed by atoms with Gasteiger partial charge in [0.15, 0.2) is 11.5 Å². The molecule has 6 heteroatoms. The molecule has 3 aromatic rings. The van der Waals surface area contributed by atoms with E-state index in [2.05, 4.69) is 4.98 Å². The second kappa shape index (κ2) is 8.49. The van der Waals surface area contributed by atoms with Gasteiger partial charge in [0.05, 0.1) is 26.3 Å². The summed E-state index contributed by atoms with van der Waals surface area (Å²) in [6, 6.07) is 15.3. The van der Waals surface area contributed by atoms with E-state index in [1.807, 2.05) is 41.8 Å². The van der Waals surface area contributed by atoms with Crippen LogP contribution in [0.25, 0.3) is 10.6 Å². The highest BCUT2D eigenvalue weighted by molar-refractivity contribution is 7.13. The number of rotatable bonds is 7. The van der Waals surface area contributed by atoms with E-state index in [0.717, 1.165) is 21.8 Å². The van der Waals surface area contributed by atoms with Gasteiger partial charge in [0.2, 0.25) is 0 Å². The molecule has 0 radical (unpaired) electrons. The molecule has 0 saturated carbocycles. The number of carbonyl (C=O) groups is 1. The van der Waals surface area contributed by atoms with Crippen LogP contribution in [0.5, 0.6) is 11.5 Å². The number of nitrogens with zero attached hydrogens (tertiary/aromatic N) is 1. The van der Waals surface area contributed by atoms with Crippen LogP contribution in [0, 0.1) is 0 Å². The van der Waals surface area contributed by atoms with Crippen molar-refractivity contribution in [2.75, 3.05) is 14.2 Å². The van der Waals surface area contributed by atoms with Crippen LogP contribution in [-0.2, 0) is 22.6 Å². The summed E-state index contributed by atoms with van der Waals surface area (Å²) in [5, 5.41) is 2.82. The number of esters is 1. The van der Waals surface area contributed by atoms with Gasteiger partial charge < -0.3 is 14.2 Å². The van der Waals surface area contributed by atoms with Crippen molar-refractivity contribution < 1.29 is 19.0 Å². The summed E-state index contributed by atoms with van der Waals surface area (Å²) in [5.41, 5.74) is 2.60. The van der Waals surface area contributed by atoms with Crippen molar-refractivity contribution in [3.63, 3.8) is 0 Å². The fourth-order valence-electron chi connectivity index (χ4n) is 2.45. The molecule has 0 bridgehead atoms. The summed E-state index contributed by atoms with van der Waals surface area (Å²) in [6.07, 6.45) is 0.163. The van der Waals surface area contributed by atoms with Crippen molar-refractivity contribution in [2.24, 2.45) is 0 Å². The molecule has 0 aliphatic heterocycles. The van der Waals surface area contributed by atoms with Crippen LogP contribution in [0.15, 0.2) is 53.9 Å². The van der Waals surface area contributed by atoms with Gasteiger partial charge in [0, 0.05) is 10.9 Å². The molecule has 1 aromatic heterocycles. The lowest BCUT2D eigenvalue weighted by Gasteiger charge is -2.09. The van der Waals surface area contributed by atoms with E-state index in [4.69, 9.17) is 14.2 Å². The first-order valence-corrected chi connectivity index (χ1v) is 8.94. The van der Waals surface area contributed by atoms with Crippen LogP contribution >= 0.6 is 11.3 Å². The van der Waals surface area contributed by atoms with Crippen molar-refractivity contribution in [3.05, 3.63) is 65.2 Å². The van der Waals surface area contributed by atoms with E-state index in [9.17, 15) is 4.79 Å². The van der Waals surface area contributed by atoms with E-state index in [1.54, 1.807) is 26.4 Å². The van der Waals surface area contributed by atoms with Crippen LogP contribution in [0.4, 0.5) is 0 Å². The number of carbonyl (C=O) groups excluding carboxylic acids is 1. The summed E-state index contributed by atoms with van der Waals surface area (Å²) in [7, 11) is 3.13. The van der Waals surface area contributed by atoms with Gasteiger partial charge in [0.25, 0.3) is 0 Å². The number of aromatic nitrogens is 1. The van der Waals surface area contributed by atoms with Crippen molar-refractivity contribution in [1.82, 2.24) is 4.98 Å². The molecule has 134 valence electrons. The maximum atomic E-state index is 12.1. The summed E-state index contributed by atoms with van der Waals surface area (Å²) < 4.78 is 15.8. The lowest BCUT2D eigenvalue weighted by atomic mass is 10.1. The van der Waals surface area contributed by atoms with Crippen molar-refractivity contribution in [2.45, 2.75) is 13.0 Å². The minimum atomic E-state index is -0.313. The number of hydrogen-bond acceptors (Lipinski definition) is 6. The van der Waals surface area contributed by atoms with E-state index in [0.29, 0.717) is 11.5 Å². The molecule has 0 N–H and O–H groups in total. The molecular weight excluding hydrogens is 350 g/mol. The van der Waals surface area contributed by atoms with Crippen LogP contribution in [0.2, 0.25) is 0 Å². The number of benzene rings is 2. The van der Waals surface area contributed by atoms with Gasteiger partial charge in [-0.3, -0.25) is 4.79 Å². The molecule has 0 aliphatic carbocycles. The van der Waals surface area contributed by atoms with Crippen molar-refractivity contribution in [3.8, 4) is 22.1 Å². The zero-order valence-corrected chi connectivity index (χ0v) is 15.4. The van der Waals surface area contributed by atoms with Gasteiger partial charge >= 0.3 is 5.97 Å². The summed E-state index contributed by atoms with van der Waals surface area (Å²) >= 11 is 1.53. The number of thiazole rings is 1. The molecule has 0 unspecified atom stereocenters. The molecule has 3 rings (SSSR count). The Morgan fingerprint density at radius 2 is 1.81 bits per heavy atom. The number of methoxy groups -OCH3 is 2. The third kappa shape index (κ3) is 4.40. The minimum Gasteiger partial charge on any atom is -0.493 e. The highest BCUT2D eigenvalue weighted by Crippen LogP contribution is 2.28. The van der Waals surface area contributed by atoms with Crippen LogP contribution in [-0.4, -0.2) is 25.2 Å². The zero-order chi connectivity index (χ0) is 18.4. The van der Waals surface area contributed by atoms with Gasteiger partial charge in [-0.15, -0.1) is 11.3 Å². The molecule has 2 aromatic carbocycles. The van der Waals surface area contributed by atoms with Gasteiger partial charge in [-0.2, -0.15) is 0 Å². The van der Waals surface area contributed by atoms with Gasteiger partial charge in [-0.25, -0.2) is 4.98 Å². The minimum absolute atomic E-state index is 0.162. The maximum Gasteiger partial charge on any atom is 0.310 e. The van der Waals surface area contributed by atoms with E-state index < -0.39 is 0 Å². The largest absolute Gasteiger partial charge is 0.493 e. The molecule has 1 heterocycles. The quantitative estimate of drug-likeness (QED) is 0.587. The van der Waals surface area contributed by atoms with E-state index in [1.165, 1.54) is 11.3 Å². The Balaban J connectivity index is 1.57. The van der Waals surface area contributed by atoms with Crippen molar-refractivity contribution in [1.29, 1.82) is 0 Å². The van der Waals surface area contributed by atoms with Gasteiger partial charge in [-0.05, 0) is 17.7 Å². The predicted octanol–water partition coefficient (Wildman–Crippen LogP) is 4.11. The molecule has 0 spiro atoms. The Hall–Kier alpha value is -2.86. The lowest BCUT2D eigenvalue weighted by molar-refractivity contribution is -0.144. The average Bonchev–Trinajstić information content (AvgIpc) is 3.16. The third-order valence-corrected chi connectivity index (χ3v) is 4.69. The smallest absolute Gasteiger partial charge is 0.310 e. The molecule has 0 saturated heterocycles. The van der Waals surface area contributed by atoms with Gasteiger partial charge in [0.1, 0.15) is 11.6 Å². The topological polar surface area (TPSA) is 57.7 Å². The highest BCUT2D eigenvalue weighted by atomic mass is 32.1. The lowest BCUT2D eigenvalue weighted by Crippen LogP contribution is -2.08. The number of ether oxygens (including phenoxy) is 3. The molecule has 0 atom stereocenters. The molecule has 0 amide bonds. The highest BCUT2D eigenvalue weighted by Gasteiger charge is 2.11. The summed E-state index contributed by atoms with van der Waals surface area (Å²) in [5.74, 6) is 0.900. The third-order valence-electron chi connectivity index (χ3n) is 3.75. The Morgan fingerprint density at radius 3 is 2.54 bits per heavy atom. The Bertz CT molecular complexity index is 877. The maximum absolute atomic E-state index is 12.1. The SMILES string of the molecule is COc1ccc(CC(=O)OCc2csc(-c3ccccc3)n2)cc1OC. The molecule has 5 nitrogen and oxygen atoms in total. The fourth-order valence-corrected chi connectivity index (χ4v) is 3.26. The van der Waals surface area contributed by atoms with Crippen LogP contribution in [0.1, 0.15) is 11.3 Å². The molecule has 0 fully saturated rings. The first-order valence-electron chi connectivity index (χ1n) is 8.06. The summed E-state index contributed by atoms with van der Waals surface area (Å²) in [4.78, 5) is 16.6. The van der Waals surface area contributed by atoms with Crippen LogP contribution in [0.3, 0.4) is 0 Å². The monoisotopic (exact) mass is 369 g/mol. The molecular formula is C20H19NO4S. The van der Waals surface area contributed by atoms with E-state index in [-0.39, 0.29) is 19.0 Å². The molecule has 26 heavy (non-hydrogen) atoms. The number of hydrogen-bond donors (Lipinski definition) is 0. The van der Waals surface area contributed by atoms with Crippen LogP contribution < -0.4 is 9.47 Å². The van der Waals surface area contributed by atoms with Gasteiger partial charge in [-0.1, -0.05) is 36.4 Å². The second-order valence-electron chi connectivity index (χ2n) is 5.54. The molecule has 0 aliphatic rings. The predicted molar refractivity (Wildman–Crippen MR) is 101 cm³/mol. The average molecular weight is 369 g/mol. The Kier molecular flexibility index (Phi) is 5.86. The van der Waals surface area contributed by atoms with Crippen molar-refractivity contribution >= 4 is 17.3 Å². The fraction of sp³-hybridized carbons (Fsp3) is 0.200. The Morgan fingerprint density at radius 1 is 1.04 bits per heavy atom. The first kappa shape index (κ1) is 17.9. The second-order valence-corrected chi connectivity index (χ2v) is 6.39. The first-order chi connectivity index (χ1) is 12.7. The standard InChI is InChI=1S/C20H19NO4S/c1-23-17-9-8-14(10-18(17)24-2)11-19(22)25-12-16-13-26-20(21-16)15-6-4-3-5-7-15/h3-10,13H,11-12H2,1-2H3. The normalized spacial score (nSPS) is 10.4.